The van der Waals surface area contributed by atoms with E-state index in [4.69, 9.17) is 0 Å². The van der Waals surface area contributed by atoms with Crippen molar-refractivity contribution >= 4 is 31.6 Å². The zero-order chi connectivity index (χ0) is 19.0. The SMILES string of the molecule is CCCNS(=O)(=O)c1ccc2c(c1)[C@H]1C=CC[C@H]1[C@@H](c1ccc(Br)cc1)N2. The Morgan fingerprint density at radius 1 is 1.19 bits per heavy atom. The molecule has 0 amide bonds. The van der Waals surface area contributed by atoms with E-state index in [0.29, 0.717) is 17.4 Å². The van der Waals surface area contributed by atoms with Gasteiger partial charge in [-0.3, -0.25) is 0 Å². The molecule has 4 nitrogen and oxygen atoms in total. The highest BCUT2D eigenvalue weighted by Gasteiger charge is 2.38. The van der Waals surface area contributed by atoms with Gasteiger partial charge in [0.2, 0.25) is 10.0 Å². The summed E-state index contributed by atoms with van der Waals surface area (Å²) < 4.78 is 28.8. The number of fused-ring (bicyclic) bond motifs is 3. The van der Waals surface area contributed by atoms with Crippen LogP contribution in [-0.2, 0) is 10.0 Å². The van der Waals surface area contributed by atoms with Gasteiger partial charge in [-0.05, 0) is 60.2 Å². The van der Waals surface area contributed by atoms with Crippen molar-refractivity contribution < 1.29 is 8.42 Å². The molecule has 0 saturated carbocycles. The van der Waals surface area contributed by atoms with Gasteiger partial charge in [-0.2, -0.15) is 0 Å². The van der Waals surface area contributed by atoms with E-state index in [9.17, 15) is 8.42 Å². The van der Waals surface area contributed by atoms with Gasteiger partial charge in [0.1, 0.15) is 0 Å². The van der Waals surface area contributed by atoms with Crippen molar-refractivity contribution in [2.24, 2.45) is 5.92 Å². The Kier molecular flexibility index (Phi) is 5.14. The van der Waals surface area contributed by atoms with Crippen LogP contribution < -0.4 is 10.0 Å². The van der Waals surface area contributed by atoms with Crippen LogP contribution in [0, 0.1) is 5.92 Å². The molecule has 6 heteroatoms. The molecule has 4 rings (SSSR count). The van der Waals surface area contributed by atoms with Crippen molar-refractivity contribution in [3.05, 3.63) is 70.2 Å². The van der Waals surface area contributed by atoms with Crippen molar-refractivity contribution in [3.8, 4) is 0 Å². The molecule has 0 radical (unpaired) electrons. The lowest BCUT2D eigenvalue weighted by Gasteiger charge is -2.37. The Labute approximate surface area is 169 Å². The maximum atomic E-state index is 12.5. The van der Waals surface area contributed by atoms with Gasteiger partial charge >= 0.3 is 0 Å². The molecule has 2 aliphatic rings. The number of rotatable bonds is 5. The molecule has 2 N–H and O–H groups in total. The van der Waals surface area contributed by atoms with Crippen LogP contribution >= 0.6 is 15.9 Å². The van der Waals surface area contributed by atoms with Gasteiger partial charge < -0.3 is 5.32 Å². The van der Waals surface area contributed by atoms with E-state index in [-0.39, 0.29) is 12.0 Å². The third-order valence-electron chi connectivity index (χ3n) is 5.42. The molecule has 0 spiro atoms. The molecule has 3 atom stereocenters. The molecule has 27 heavy (non-hydrogen) atoms. The first-order valence-corrected chi connectivity index (χ1v) is 11.6. The van der Waals surface area contributed by atoms with Gasteiger partial charge in [-0.25, -0.2) is 13.1 Å². The first kappa shape index (κ1) is 18.7. The zero-order valence-electron chi connectivity index (χ0n) is 15.2. The van der Waals surface area contributed by atoms with Gasteiger partial charge in [-0.1, -0.05) is 47.1 Å². The number of hydrogen-bond donors (Lipinski definition) is 2. The lowest BCUT2D eigenvalue weighted by Crippen LogP contribution is -2.30. The molecule has 2 aromatic rings. The number of benzene rings is 2. The second kappa shape index (κ2) is 7.41. The summed E-state index contributed by atoms with van der Waals surface area (Å²) in [7, 11) is -3.46. The lowest BCUT2D eigenvalue weighted by atomic mass is 9.77. The molecule has 1 aliphatic heterocycles. The van der Waals surface area contributed by atoms with E-state index in [0.717, 1.165) is 28.6 Å². The smallest absolute Gasteiger partial charge is 0.240 e. The van der Waals surface area contributed by atoms with Crippen LogP contribution in [0.25, 0.3) is 0 Å². The fourth-order valence-electron chi connectivity index (χ4n) is 4.06. The maximum Gasteiger partial charge on any atom is 0.240 e. The third kappa shape index (κ3) is 3.58. The highest BCUT2D eigenvalue weighted by molar-refractivity contribution is 9.10. The number of sulfonamides is 1. The Hall–Kier alpha value is -1.63. The van der Waals surface area contributed by atoms with Crippen LogP contribution in [-0.4, -0.2) is 15.0 Å². The predicted octanol–water partition coefficient (Wildman–Crippen LogP) is 4.96. The quantitative estimate of drug-likeness (QED) is 0.637. The van der Waals surface area contributed by atoms with Crippen LogP contribution in [0.15, 0.2) is 64.0 Å². The summed E-state index contributed by atoms with van der Waals surface area (Å²) in [5.74, 6) is 0.622. The van der Waals surface area contributed by atoms with E-state index < -0.39 is 10.0 Å². The van der Waals surface area contributed by atoms with E-state index in [1.807, 2.05) is 19.1 Å². The molecule has 2 aromatic carbocycles. The minimum atomic E-state index is -3.46. The van der Waals surface area contributed by atoms with Crippen LogP contribution in [0.2, 0.25) is 0 Å². The number of hydrogen-bond acceptors (Lipinski definition) is 3. The summed E-state index contributed by atoms with van der Waals surface area (Å²) in [6, 6.07) is 14.1. The third-order valence-corrected chi connectivity index (χ3v) is 7.40. The van der Waals surface area contributed by atoms with Crippen molar-refractivity contribution in [1.29, 1.82) is 0 Å². The van der Waals surface area contributed by atoms with Crippen molar-refractivity contribution in [1.82, 2.24) is 4.72 Å². The molecule has 0 fully saturated rings. The Bertz CT molecular complexity index is 970. The van der Waals surface area contributed by atoms with E-state index in [1.165, 1.54) is 5.56 Å². The van der Waals surface area contributed by atoms with Crippen molar-refractivity contribution in [3.63, 3.8) is 0 Å². The lowest BCUT2D eigenvalue weighted by molar-refractivity contribution is 0.425. The van der Waals surface area contributed by atoms with E-state index in [2.05, 4.69) is 62.4 Å². The second-order valence-electron chi connectivity index (χ2n) is 7.17. The standard InChI is InChI=1S/C21H23BrN2O2S/c1-2-12-23-27(25,26)16-10-11-20-19(13-16)17-4-3-5-18(17)21(24-20)14-6-8-15(22)9-7-14/h3-4,6-11,13,17-18,21,23-24H,2,5,12H2,1H3/t17-,18+,21+/m0/s1. The first-order valence-electron chi connectivity index (χ1n) is 9.32. The van der Waals surface area contributed by atoms with Crippen LogP contribution in [0.5, 0.6) is 0 Å². The maximum absolute atomic E-state index is 12.5. The largest absolute Gasteiger partial charge is 0.378 e. The number of anilines is 1. The first-order chi connectivity index (χ1) is 13.0. The van der Waals surface area contributed by atoms with Crippen LogP contribution in [0.1, 0.15) is 42.9 Å². The molecule has 0 saturated heterocycles. The number of nitrogens with one attached hydrogen (secondary N) is 2. The summed E-state index contributed by atoms with van der Waals surface area (Å²) in [4.78, 5) is 0.345. The molecule has 1 aliphatic carbocycles. The van der Waals surface area contributed by atoms with Crippen molar-refractivity contribution in [2.45, 2.75) is 36.6 Å². The fraction of sp³-hybridized carbons (Fsp3) is 0.333. The Morgan fingerprint density at radius 3 is 2.70 bits per heavy atom. The molecule has 0 unspecified atom stereocenters. The Balaban J connectivity index is 1.70. The predicted molar refractivity (Wildman–Crippen MR) is 112 cm³/mol. The van der Waals surface area contributed by atoms with Gasteiger partial charge in [0, 0.05) is 22.6 Å². The summed E-state index contributed by atoms with van der Waals surface area (Å²) in [5.41, 5.74) is 3.34. The summed E-state index contributed by atoms with van der Waals surface area (Å²) in [5, 5.41) is 3.66. The average molecular weight is 447 g/mol. The summed E-state index contributed by atoms with van der Waals surface area (Å²) in [6.45, 7) is 2.41. The van der Waals surface area contributed by atoms with Gasteiger partial charge in [0.05, 0.1) is 10.9 Å². The highest BCUT2D eigenvalue weighted by atomic mass is 79.9. The van der Waals surface area contributed by atoms with Crippen molar-refractivity contribution in [2.75, 3.05) is 11.9 Å². The second-order valence-corrected chi connectivity index (χ2v) is 9.86. The summed E-state index contributed by atoms with van der Waals surface area (Å²) >= 11 is 3.50. The van der Waals surface area contributed by atoms with Gasteiger partial charge in [-0.15, -0.1) is 0 Å². The average Bonchev–Trinajstić information content (AvgIpc) is 3.16. The molecule has 0 aromatic heterocycles. The molecular formula is C21H23BrN2O2S. The Morgan fingerprint density at radius 2 is 1.96 bits per heavy atom. The van der Waals surface area contributed by atoms with Gasteiger partial charge in [0.15, 0.2) is 0 Å². The van der Waals surface area contributed by atoms with E-state index in [1.54, 1.807) is 6.07 Å². The number of allylic oxidation sites excluding steroid dienone is 2. The van der Waals surface area contributed by atoms with E-state index >= 15 is 0 Å². The normalized spacial score (nSPS) is 23.6. The topological polar surface area (TPSA) is 58.2 Å². The molecular weight excluding hydrogens is 424 g/mol. The molecule has 0 bridgehead atoms. The number of halogens is 1. The van der Waals surface area contributed by atoms with Gasteiger partial charge in [0.25, 0.3) is 0 Å². The minimum Gasteiger partial charge on any atom is -0.378 e. The van der Waals surface area contributed by atoms with Crippen LogP contribution in [0.3, 0.4) is 0 Å². The fourth-order valence-corrected chi connectivity index (χ4v) is 5.49. The molecule has 142 valence electrons. The molecule has 1 heterocycles. The zero-order valence-corrected chi connectivity index (χ0v) is 17.6. The highest BCUT2D eigenvalue weighted by Crippen LogP contribution is 2.50. The van der Waals surface area contributed by atoms with Crippen LogP contribution in [0.4, 0.5) is 5.69 Å². The minimum absolute atomic E-state index is 0.214. The monoisotopic (exact) mass is 446 g/mol. The summed E-state index contributed by atoms with van der Waals surface area (Å²) in [6.07, 6.45) is 6.21.